The summed E-state index contributed by atoms with van der Waals surface area (Å²) in [6, 6.07) is 14.3. The Morgan fingerprint density at radius 3 is 2.04 bits per heavy atom. The molecule has 126 valence electrons. The van der Waals surface area contributed by atoms with E-state index in [1.807, 2.05) is 31.2 Å². The fourth-order valence-corrected chi connectivity index (χ4v) is 3.30. The first-order valence-corrected chi connectivity index (χ1v) is 9.66. The molecule has 1 amide bonds. The maximum atomic E-state index is 11.9. The Morgan fingerprint density at radius 1 is 1.04 bits per heavy atom. The molecule has 0 aliphatic carbocycles. The van der Waals surface area contributed by atoms with Crippen molar-refractivity contribution in [2.24, 2.45) is 0 Å². The molecule has 0 spiro atoms. The molecular formula is C18H19NO4S. The van der Waals surface area contributed by atoms with Gasteiger partial charge in [0.25, 0.3) is 0 Å². The monoisotopic (exact) mass is 345 g/mol. The standard InChI is InChI=1S/C18H19NO4S/c1-3-16-12-19(18(20)23-16)15-8-4-13(5-9-15)14-6-10-17(11-7-14)24(2,21)22/h4-11,16H,3,12H2,1-2H3/t16-/m0/s1. The molecule has 2 aromatic rings. The molecule has 6 heteroatoms. The first kappa shape index (κ1) is 16.5. The summed E-state index contributed by atoms with van der Waals surface area (Å²) in [6.07, 6.45) is 1.62. The van der Waals surface area contributed by atoms with E-state index >= 15 is 0 Å². The molecule has 1 aliphatic heterocycles. The molecule has 0 aromatic heterocycles. The minimum Gasteiger partial charge on any atom is -0.444 e. The molecule has 0 saturated carbocycles. The lowest BCUT2D eigenvalue weighted by Crippen LogP contribution is -2.24. The molecule has 1 saturated heterocycles. The van der Waals surface area contributed by atoms with Crippen molar-refractivity contribution in [1.29, 1.82) is 0 Å². The van der Waals surface area contributed by atoms with Crippen LogP contribution < -0.4 is 4.90 Å². The highest BCUT2D eigenvalue weighted by atomic mass is 32.2. The Hall–Kier alpha value is -2.34. The zero-order valence-corrected chi connectivity index (χ0v) is 14.4. The van der Waals surface area contributed by atoms with Crippen molar-refractivity contribution in [3.63, 3.8) is 0 Å². The van der Waals surface area contributed by atoms with Gasteiger partial charge in [-0.05, 0) is 41.8 Å². The minimum atomic E-state index is -3.19. The van der Waals surface area contributed by atoms with E-state index < -0.39 is 9.84 Å². The van der Waals surface area contributed by atoms with Crippen molar-refractivity contribution in [1.82, 2.24) is 0 Å². The van der Waals surface area contributed by atoms with Crippen LogP contribution in [0.5, 0.6) is 0 Å². The third-order valence-corrected chi connectivity index (χ3v) is 5.25. The summed E-state index contributed by atoms with van der Waals surface area (Å²) in [7, 11) is -3.19. The topological polar surface area (TPSA) is 63.7 Å². The first-order chi connectivity index (χ1) is 11.4. The van der Waals surface area contributed by atoms with Crippen molar-refractivity contribution in [3.8, 4) is 11.1 Å². The number of rotatable bonds is 4. The van der Waals surface area contributed by atoms with E-state index in [1.54, 1.807) is 29.2 Å². The van der Waals surface area contributed by atoms with Gasteiger partial charge in [0.05, 0.1) is 11.4 Å². The molecule has 3 rings (SSSR count). The van der Waals surface area contributed by atoms with Crippen LogP contribution in [-0.4, -0.2) is 33.4 Å². The first-order valence-electron chi connectivity index (χ1n) is 7.77. The zero-order valence-electron chi connectivity index (χ0n) is 13.6. The van der Waals surface area contributed by atoms with Crippen LogP contribution in [0.3, 0.4) is 0 Å². The van der Waals surface area contributed by atoms with Crippen LogP contribution in [-0.2, 0) is 14.6 Å². The number of hydrogen-bond donors (Lipinski definition) is 0. The van der Waals surface area contributed by atoms with Crippen LogP contribution in [0.25, 0.3) is 11.1 Å². The van der Waals surface area contributed by atoms with Crippen molar-refractivity contribution in [3.05, 3.63) is 48.5 Å². The Kier molecular flexibility index (Phi) is 4.32. The molecule has 5 nitrogen and oxygen atoms in total. The molecule has 0 unspecified atom stereocenters. The van der Waals surface area contributed by atoms with Crippen LogP contribution >= 0.6 is 0 Å². The second-order valence-electron chi connectivity index (χ2n) is 5.87. The number of nitrogens with zero attached hydrogens (tertiary/aromatic N) is 1. The van der Waals surface area contributed by atoms with E-state index in [1.165, 1.54) is 6.26 Å². The number of carbonyl (C=O) groups excluding carboxylic acids is 1. The van der Waals surface area contributed by atoms with Crippen molar-refractivity contribution >= 4 is 21.6 Å². The van der Waals surface area contributed by atoms with E-state index in [9.17, 15) is 13.2 Å². The second-order valence-corrected chi connectivity index (χ2v) is 7.88. The van der Waals surface area contributed by atoms with E-state index in [-0.39, 0.29) is 12.2 Å². The fraction of sp³-hybridized carbons (Fsp3) is 0.278. The number of benzene rings is 2. The summed E-state index contributed by atoms with van der Waals surface area (Å²) in [6.45, 7) is 2.56. The Bertz CT molecular complexity index is 842. The molecule has 0 bridgehead atoms. The van der Waals surface area contributed by atoms with Gasteiger partial charge >= 0.3 is 6.09 Å². The van der Waals surface area contributed by atoms with Crippen molar-refractivity contribution in [2.45, 2.75) is 24.3 Å². The average molecular weight is 345 g/mol. The highest BCUT2D eigenvalue weighted by Gasteiger charge is 2.30. The van der Waals surface area contributed by atoms with Gasteiger partial charge in [-0.3, -0.25) is 4.90 Å². The molecule has 24 heavy (non-hydrogen) atoms. The van der Waals surface area contributed by atoms with Gasteiger partial charge in [-0.15, -0.1) is 0 Å². The van der Waals surface area contributed by atoms with Crippen molar-refractivity contribution in [2.75, 3.05) is 17.7 Å². The van der Waals surface area contributed by atoms with Gasteiger partial charge in [0.1, 0.15) is 6.10 Å². The van der Waals surface area contributed by atoms with Gasteiger partial charge in [0, 0.05) is 11.9 Å². The predicted octanol–water partition coefficient (Wildman–Crippen LogP) is 3.49. The number of sulfone groups is 1. The lowest BCUT2D eigenvalue weighted by Gasteiger charge is -2.13. The summed E-state index contributed by atoms with van der Waals surface area (Å²) in [4.78, 5) is 13.8. The number of hydrogen-bond acceptors (Lipinski definition) is 4. The Balaban J connectivity index is 1.81. The summed E-state index contributed by atoms with van der Waals surface area (Å²) in [5, 5.41) is 0. The lowest BCUT2D eigenvalue weighted by molar-refractivity contribution is 0.139. The van der Waals surface area contributed by atoms with E-state index in [0.29, 0.717) is 11.4 Å². The minimum absolute atomic E-state index is 0.0549. The Morgan fingerprint density at radius 2 is 1.58 bits per heavy atom. The predicted molar refractivity (Wildman–Crippen MR) is 92.9 cm³/mol. The second kappa shape index (κ2) is 6.28. The number of ether oxygens (including phenoxy) is 1. The van der Waals surface area contributed by atoms with Crippen molar-refractivity contribution < 1.29 is 17.9 Å². The van der Waals surface area contributed by atoms with Crippen LogP contribution in [0, 0.1) is 0 Å². The SMILES string of the molecule is CC[C@H]1CN(c2ccc(-c3ccc(S(C)(=O)=O)cc3)cc2)C(=O)O1. The summed E-state index contributed by atoms with van der Waals surface area (Å²) < 4.78 is 28.3. The molecule has 1 heterocycles. The summed E-state index contributed by atoms with van der Waals surface area (Å²) in [5.74, 6) is 0. The maximum absolute atomic E-state index is 11.9. The summed E-state index contributed by atoms with van der Waals surface area (Å²) in [5.41, 5.74) is 2.68. The molecule has 0 N–H and O–H groups in total. The normalized spacial score (nSPS) is 17.8. The number of anilines is 1. The van der Waals surface area contributed by atoms with E-state index in [2.05, 4.69) is 0 Å². The maximum Gasteiger partial charge on any atom is 0.414 e. The van der Waals surface area contributed by atoms with E-state index in [0.717, 1.165) is 23.2 Å². The van der Waals surface area contributed by atoms with Crippen LogP contribution in [0.15, 0.2) is 53.4 Å². The number of carbonyl (C=O) groups is 1. The average Bonchev–Trinajstić information content (AvgIpc) is 2.95. The smallest absolute Gasteiger partial charge is 0.414 e. The van der Waals surface area contributed by atoms with Gasteiger partial charge in [-0.2, -0.15) is 0 Å². The van der Waals surface area contributed by atoms with Gasteiger partial charge in [-0.25, -0.2) is 13.2 Å². The molecule has 1 fully saturated rings. The number of amides is 1. The van der Waals surface area contributed by atoms with Crippen LogP contribution in [0.1, 0.15) is 13.3 Å². The summed E-state index contributed by atoms with van der Waals surface area (Å²) >= 11 is 0. The highest BCUT2D eigenvalue weighted by molar-refractivity contribution is 7.90. The molecule has 1 aliphatic rings. The van der Waals surface area contributed by atoms with Gasteiger partial charge < -0.3 is 4.74 Å². The van der Waals surface area contributed by atoms with Crippen LogP contribution in [0.4, 0.5) is 10.5 Å². The molecule has 0 radical (unpaired) electrons. The van der Waals surface area contributed by atoms with Gasteiger partial charge in [0.2, 0.25) is 0 Å². The third-order valence-electron chi connectivity index (χ3n) is 4.12. The number of cyclic esters (lactones) is 1. The largest absolute Gasteiger partial charge is 0.444 e. The highest BCUT2D eigenvalue weighted by Crippen LogP contribution is 2.27. The Labute approximate surface area is 141 Å². The molecular weight excluding hydrogens is 326 g/mol. The molecule has 2 aromatic carbocycles. The third kappa shape index (κ3) is 3.28. The van der Waals surface area contributed by atoms with Gasteiger partial charge in [-0.1, -0.05) is 31.2 Å². The van der Waals surface area contributed by atoms with Crippen LogP contribution in [0.2, 0.25) is 0 Å². The fourth-order valence-electron chi connectivity index (χ4n) is 2.67. The van der Waals surface area contributed by atoms with Gasteiger partial charge in [0.15, 0.2) is 9.84 Å². The molecule has 1 atom stereocenters. The van der Waals surface area contributed by atoms with E-state index in [4.69, 9.17) is 4.74 Å². The lowest BCUT2D eigenvalue weighted by atomic mass is 10.1. The quantitative estimate of drug-likeness (QED) is 0.851. The zero-order chi connectivity index (χ0) is 17.3.